The van der Waals surface area contributed by atoms with Crippen molar-refractivity contribution in [2.75, 3.05) is 33.4 Å². The van der Waals surface area contributed by atoms with Crippen LogP contribution in [0.25, 0.3) is 0 Å². The lowest BCUT2D eigenvalue weighted by molar-refractivity contribution is -0.130. The molecule has 0 fully saturated rings. The standard InChI is InChI=1S/C16H22Cl2N2O3/c1-12(21)20(9-10-23-2)8-6-16(22)19-7-5-13-3-4-14(17)11-15(13)18/h3-4,11H,5-10H2,1-2H3,(H,19,22). The molecule has 0 saturated carbocycles. The van der Waals surface area contributed by atoms with Crippen LogP contribution in [0.1, 0.15) is 18.9 Å². The summed E-state index contributed by atoms with van der Waals surface area (Å²) in [7, 11) is 1.58. The van der Waals surface area contributed by atoms with Crippen LogP contribution in [0.5, 0.6) is 0 Å². The van der Waals surface area contributed by atoms with Crippen LogP contribution >= 0.6 is 23.2 Å². The molecule has 0 unspecified atom stereocenters. The van der Waals surface area contributed by atoms with E-state index in [9.17, 15) is 9.59 Å². The van der Waals surface area contributed by atoms with Gasteiger partial charge in [0.25, 0.3) is 0 Å². The maximum atomic E-state index is 11.8. The molecule has 1 aromatic carbocycles. The Hall–Kier alpha value is -1.30. The molecule has 1 aromatic rings. The number of carbonyl (C=O) groups excluding carboxylic acids is 2. The molecular formula is C16H22Cl2N2O3. The summed E-state index contributed by atoms with van der Waals surface area (Å²) in [6.45, 7) is 3.29. The Kier molecular flexibility index (Phi) is 8.99. The average molecular weight is 361 g/mol. The average Bonchev–Trinajstić information content (AvgIpc) is 2.49. The normalized spacial score (nSPS) is 10.4. The van der Waals surface area contributed by atoms with E-state index in [0.29, 0.717) is 42.7 Å². The topological polar surface area (TPSA) is 58.6 Å². The number of methoxy groups -OCH3 is 1. The summed E-state index contributed by atoms with van der Waals surface area (Å²) in [5.41, 5.74) is 0.932. The third-order valence-corrected chi connectivity index (χ3v) is 3.94. The quantitative estimate of drug-likeness (QED) is 0.735. The third kappa shape index (κ3) is 7.68. The van der Waals surface area contributed by atoms with Gasteiger partial charge >= 0.3 is 0 Å². The maximum absolute atomic E-state index is 11.8. The highest BCUT2D eigenvalue weighted by Crippen LogP contribution is 2.20. The molecule has 1 rings (SSSR count). The van der Waals surface area contributed by atoms with E-state index < -0.39 is 0 Å². The molecular weight excluding hydrogens is 339 g/mol. The number of halogens is 2. The van der Waals surface area contributed by atoms with Crippen LogP contribution in [0.15, 0.2) is 18.2 Å². The number of nitrogens with one attached hydrogen (secondary N) is 1. The van der Waals surface area contributed by atoms with Crippen LogP contribution in [0, 0.1) is 0 Å². The summed E-state index contributed by atoms with van der Waals surface area (Å²) in [6, 6.07) is 5.30. The second kappa shape index (κ2) is 10.5. The first-order chi connectivity index (χ1) is 10.9. The lowest BCUT2D eigenvalue weighted by Crippen LogP contribution is -2.36. The number of ether oxygens (including phenoxy) is 1. The van der Waals surface area contributed by atoms with E-state index in [4.69, 9.17) is 27.9 Å². The van der Waals surface area contributed by atoms with Crippen LogP contribution in [0.3, 0.4) is 0 Å². The Morgan fingerprint density at radius 1 is 1.26 bits per heavy atom. The van der Waals surface area contributed by atoms with Crippen molar-refractivity contribution in [2.45, 2.75) is 19.8 Å². The molecule has 0 spiro atoms. The monoisotopic (exact) mass is 360 g/mol. The van der Waals surface area contributed by atoms with Gasteiger partial charge in [0.1, 0.15) is 0 Å². The molecule has 5 nitrogen and oxygen atoms in total. The number of amides is 2. The molecule has 0 saturated heterocycles. The number of hydrogen-bond donors (Lipinski definition) is 1. The zero-order chi connectivity index (χ0) is 17.2. The molecule has 0 atom stereocenters. The number of hydrogen-bond acceptors (Lipinski definition) is 3. The van der Waals surface area contributed by atoms with Gasteiger partial charge in [0, 0.05) is 50.1 Å². The zero-order valence-corrected chi connectivity index (χ0v) is 14.9. The molecule has 0 heterocycles. The molecule has 128 valence electrons. The molecule has 0 aliphatic carbocycles. The second-order valence-electron chi connectivity index (χ2n) is 5.08. The van der Waals surface area contributed by atoms with E-state index in [1.54, 1.807) is 24.1 Å². The molecule has 1 N–H and O–H groups in total. The minimum Gasteiger partial charge on any atom is -0.383 e. The first-order valence-electron chi connectivity index (χ1n) is 7.39. The van der Waals surface area contributed by atoms with Gasteiger partial charge in [-0.1, -0.05) is 29.3 Å². The summed E-state index contributed by atoms with van der Waals surface area (Å²) in [5, 5.41) is 4.00. The lowest BCUT2D eigenvalue weighted by atomic mass is 10.1. The van der Waals surface area contributed by atoms with Gasteiger partial charge in [0.05, 0.1) is 6.61 Å². The second-order valence-corrected chi connectivity index (χ2v) is 5.93. The highest BCUT2D eigenvalue weighted by Gasteiger charge is 2.11. The van der Waals surface area contributed by atoms with E-state index in [1.165, 1.54) is 6.92 Å². The highest BCUT2D eigenvalue weighted by atomic mass is 35.5. The first kappa shape index (κ1) is 19.7. The van der Waals surface area contributed by atoms with E-state index in [-0.39, 0.29) is 18.2 Å². The van der Waals surface area contributed by atoms with Crippen molar-refractivity contribution >= 4 is 35.0 Å². The van der Waals surface area contributed by atoms with Crippen molar-refractivity contribution in [2.24, 2.45) is 0 Å². The Labute approximate surface area is 146 Å². The molecule has 0 aromatic heterocycles. The van der Waals surface area contributed by atoms with Crippen LogP contribution in [-0.4, -0.2) is 50.1 Å². The fourth-order valence-corrected chi connectivity index (χ4v) is 2.52. The molecule has 0 aliphatic heterocycles. The summed E-state index contributed by atoms with van der Waals surface area (Å²) in [6.07, 6.45) is 0.888. The molecule has 0 bridgehead atoms. The molecule has 0 aliphatic rings. The molecule has 23 heavy (non-hydrogen) atoms. The number of nitrogens with zero attached hydrogens (tertiary/aromatic N) is 1. The van der Waals surface area contributed by atoms with Crippen molar-refractivity contribution in [1.29, 1.82) is 0 Å². The molecule has 7 heteroatoms. The molecule has 2 amide bonds. The van der Waals surface area contributed by atoms with Crippen LogP contribution in [-0.2, 0) is 20.7 Å². The summed E-state index contributed by atoms with van der Waals surface area (Å²) in [5.74, 6) is -0.165. The minimum atomic E-state index is -0.0984. The fraction of sp³-hybridized carbons (Fsp3) is 0.500. The third-order valence-electron chi connectivity index (χ3n) is 3.35. The smallest absolute Gasteiger partial charge is 0.221 e. The van der Waals surface area contributed by atoms with Gasteiger partial charge in [-0.3, -0.25) is 9.59 Å². The number of carbonyl (C=O) groups is 2. The van der Waals surface area contributed by atoms with Crippen LogP contribution in [0.2, 0.25) is 10.0 Å². The Morgan fingerprint density at radius 2 is 2.00 bits per heavy atom. The SMILES string of the molecule is COCCN(CCC(=O)NCCc1ccc(Cl)cc1Cl)C(C)=O. The minimum absolute atomic E-state index is 0.0669. The van der Waals surface area contributed by atoms with Crippen molar-refractivity contribution in [1.82, 2.24) is 10.2 Å². The maximum Gasteiger partial charge on any atom is 0.221 e. The van der Waals surface area contributed by atoms with Crippen molar-refractivity contribution < 1.29 is 14.3 Å². The fourth-order valence-electron chi connectivity index (χ4n) is 2.01. The Morgan fingerprint density at radius 3 is 2.61 bits per heavy atom. The van der Waals surface area contributed by atoms with Gasteiger partial charge in [-0.15, -0.1) is 0 Å². The van der Waals surface area contributed by atoms with Gasteiger partial charge in [-0.05, 0) is 24.1 Å². The van der Waals surface area contributed by atoms with Crippen molar-refractivity contribution in [3.05, 3.63) is 33.8 Å². The van der Waals surface area contributed by atoms with E-state index in [0.717, 1.165) is 5.56 Å². The van der Waals surface area contributed by atoms with E-state index in [2.05, 4.69) is 5.32 Å². The highest BCUT2D eigenvalue weighted by molar-refractivity contribution is 6.35. The van der Waals surface area contributed by atoms with Crippen LogP contribution in [0.4, 0.5) is 0 Å². The Bertz CT molecular complexity index is 538. The summed E-state index contributed by atoms with van der Waals surface area (Å²) >= 11 is 11.9. The van der Waals surface area contributed by atoms with Gasteiger partial charge in [-0.2, -0.15) is 0 Å². The lowest BCUT2D eigenvalue weighted by Gasteiger charge is -2.20. The first-order valence-corrected chi connectivity index (χ1v) is 8.14. The largest absolute Gasteiger partial charge is 0.383 e. The number of benzene rings is 1. The molecule has 0 radical (unpaired) electrons. The van der Waals surface area contributed by atoms with Crippen molar-refractivity contribution in [3.63, 3.8) is 0 Å². The summed E-state index contributed by atoms with van der Waals surface area (Å²) < 4.78 is 4.95. The van der Waals surface area contributed by atoms with Crippen LogP contribution < -0.4 is 5.32 Å². The summed E-state index contributed by atoms with van der Waals surface area (Å²) in [4.78, 5) is 24.9. The van der Waals surface area contributed by atoms with E-state index in [1.807, 2.05) is 6.07 Å². The predicted octanol–water partition coefficient (Wildman–Crippen LogP) is 2.54. The van der Waals surface area contributed by atoms with Gasteiger partial charge in [0.15, 0.2) is 0 Å². The Balaban J connectivity index is 2.32. The van der Waals surface area contributed by atoms with Gasteiger partial charge < -0.3 is 15.0 Å². The van der Waals surface area contributed by atoms with Crippen molar-refractivity contribution in [3.8, 4) is 0 Å². The predicted molar refractivity (Wildman–Crippen MR) is 91.9 cm³/mol. The van der Waals surface area contributed by atoms with E-state index >= 15 is 0 Å². The van der Waals surface area contributed by atoms with Gasteiger partial charge in [-0.25, -0.2) is 0 Å². The zero-order valence-electron chi connectivity index (χ0n) is 13.4. The van der Waals surface area contributed by atoms with Gasteiger partial charge in [0.2, 0.25) is 11.8 Å². The number of rotatable bonds is 9.